The first-order valence-electron chi connectivity index (χ1n) is 6.53. The molecule has 1 rings (SSSR count). The van der Waals surface area contributed by atoms with Crippen molar-refractivity contribution in [3.05, 3.63) is 15.5 Å². The summed E-state index contributed by atoms with van der Waals surface area (Å²) in [6.07, 6.45) is 1.02. The monoisotopic (exact) mass is 394 g/mol. The zero-order valence-corrected chi connectivity index (χ0v) is 14.6. The topological polar surface area (TPSA) is 72.5 Å². The first-order chi connectivity index (χ1) is 9.19. The van der Waals surface area contributed by atoms with Gasteiger partial charge in [0.2, 0.25) is 0 Å². The van der Waals surface area contributed by atoms with Gasteiger partial charge in [-0.05, 0) is 35.1 Å². The number of nitrogens with zero attached hydrogens (tertiary/aromatic N) is 3. The van der Waals surface area contributed by atoms with Crippen molar-refractivity contribution in [3.63, 3.8) is 0 Å². The lowest BCUT2D eigenvalue weighted by Gasteiger charge is -2.29. The van der Waals surface area contributed by atoms with E-state index in [0.29, 0.717) is 19.6 Å². The van der Waals surface area contributed by atoms with Gasteiger partial charge in [-0.3, -0.25) is 5.10 Å². The van der Waals surface area contributed by atoms with E-state index in [0.717, 1.165) is 15.8 Å². The van der Waals surface area contributed by atoms with E-state index < -0.39 is 6.09 Å². The van der Waals surface area contributed by atoms with Gasteiger partial charge in [0, 0.05) is 37.9 Å². The number of H-pyrrole nitrogens is 1. The number of nitrogens with one attached hydrogen (secondary N) is 1. The molecule has 114 valence electrons. The summed E-state index contributed by atoms with van der Waals surface area (Å²) in [7, 11) is 1.99. The Bertz CT molecular complexity index is 442. The lowest BCUT2D eigenvalue weighted by molar-refractivity contribution is 0.119. The van der Waals surface area contributed by atoms with Crippen molar-refractivity contribution < 1.29 is 9.90 Å². The third kappa shape index (κ3) is 6.08. The van der Waals surface area contributed by atoms with E-state index in [-0.39, 0.29) is 5.41 Å². The van der Waals surface area contributed by atoms with Crippen LogP contribution < -0.4 is 0 Å². The molecule has 20 heavy (non-hydrogen) atoms. The minimum absolute atomic E-state index is 0.0309. The number of hydrogen-bond donors (Lipinski definition) is 2. The average molecular weight is 394 g/mol. The molecule has 2 N–H and O–H groups in total. The summed E-state index contributed by atoms with van der Waals surface area (Å²) in [4.78, 5) is 14.8. The van der Waals surface area contributed by atoms with Crippen LogP contribution in [0.15, 0.2) is 6.20 Å². The second-order valence-electron chi connectivity index (χ2n) is 6.20. The predicted molar refractivity (Wildman–Crippen MR) is 86.7 cm³/mol. The van der Waals surface area contributed by atoms with Crippen molar-refractivity contribution in [2.75, 3.05) is 26.7 Å². The maximum absolute atomic E-state index is 11.3. The van der Waals surface area contributed by atoms with Crippen LogP contribution in [-0.2, 0) is 6.54 Å². The number of rotatable bonds is 6. The van der Waals surface area contributed by atoms with Crippen molar-refractivity contribution in [2.24, 2.45) is 5.41 Å². The molecule has 0 bridgehead atoms. The zero-order valence-electron chi connectivity index (χ0n) is 12.5. The highest BCUT2D eigenvalue weighted by Crippen LogP contribution is 2.15. The summed E-state index contributed by atoms with van der Waals surface area (Å²) in [5.41, 5.74) is 1.10. The average Bonchev–Trinajstić information content (AvgIpc) is 2.68. The number of aromatic nitrogens is 2. The quantitative estimate of drug-likeness (QED) is 0.728. The summed E-state index contributed by atoms with van der Waals surface area (Å²) in [5, 5.41) is 16.1. The van der Waals surface area contributed by atoms with E-state index in [4.69, 9.17) is 0 Å². The standard InChI is InChI=1S/C13H23IN4O2/c1-13(2,3)9-18(12(19)20)6-5-17(4)8-10-7-15-16-11(10)14/h7H,5-6,8-9H2,1-4H3,(H,15,16)(H,19,20). The lowest BCUT2D eigenvalue weighted by Crippen LogP contribution is -2.41. The fourth-order valence-corrected chi connectivity index (χ4v) is 2.35. The normalized spacial score (nSPS) is 11.9. The Balaban J connectivity index is 2.47. The molecule has 0 saturated heterocycles. The zero-order chi connectivity index (χ0) is 15.3. The Morgan fingerprint density at radius 2 is 2.10 bits per heavy atom. The predicted octanol–water partition coefficient (Wildman–Crippen LogP) is 2.47. The Morgan fingerprint density at radius 3 is 2.55 bits per heavy atom. The highest BCUT2D eigenvalue weighted by molar-refractivity contribution is 14.1. The smallest absolute Gasteiger partial charge is 0.407 e. The Labute approximate surface area is 133 Å². The maximum Gasteiger partial charge on any atom is 0.407 e. The fourth-order valence-electron chi connectivity index (χ4n) is 1.89. The van der Waals surface area contributed by atoms with E-state index in [2.05, 4.69) is 37.7 Å². The molecular formula is C13H23IN4O2. The summed E-state index contributed by atoms with van der Waals surface area (Å²) < 4.78 is 0.958. The summed E-state index contributed by atoms with van der Waals surface area (Å²) >= 11 is 2.19. The summed E-state index contributed by atoms with van der Waals surface area (Å²) in [6.45, 7) is 8.64. The molecule has 0 unspecified atom stereocenters. The molecule has 1 amide bonds. The number of carboxylic acid groups (broad SMARTS) is 1. The molecule has 0 saturated carbocycles. The molecule has 1 heterocycles. The van der Waals surface area contributed by atoms with Crippen LogP contribution in [0.2, 0.25) is 0 Å². The van der Waals surface area contributed by atoms with Gasteiger partial charge < -0.3 is 14.9 Å². The van der Waals surface area contributed by atoms with Crippen LogP contribution >= 0.6 is 22.6 Å². The van der Waals surface area contributed by atoms with Crippen molar-refractivity contribution in [3.8, 4) is 0 Å². The molecule has 1 aromatic heterocycles. The Kier molecular flexibility index (Phi) is 6.25. The first kappa shape index (κ1) is 17.2. The fraction of sp³-hybridized carbons (Fsp3) is 0.692. The van der Waals surface area contributed by atoms with Crippen LogP contribution in [0.4, 0.5) is 4.79 Å². The lowest BCUT2D eigenvalue weighted by atomic mass is 9.96. The van der Waals surface area contributed by atoms with Crippen LogP contribution in [-0.4, -0.2) is 57.9 Å². The molecule has 0 atom stereocenters. The number of aromatic amines is 1. The molecule has 0 spiro atoms. The van der Waals surface area contributed by atoms with Gasteiger partial charge in [0.1, 0.15) is 3.70 Å². The van der Waals surface area contributed by atoms with Gasteiger partial charge in [0.05, 0.1) is 0 Å². The minimum atomic E-state index is -0.855. The maximum atomic E-state index is 11.3. The number of carbonyl (C=O) groups is 1. The van der Waals surface area contributed by atoms with Gasteiger partial charge in [-0.15, -0.1) is 0 Å². The molecule has 7 heteroatoms. The SMILES string of the molecule is CN(CCN(CC(C)(C)C)C(=O)O)Cc1c[nH]nc1I. The molecule has 0 aromatic carbocycles. The highest BCUT2D eigenvalue weighted by atomic mass is 127. The van der Waals surface area contributed by atoms with Crippen molar-refractivity contribution >= 4 is 28.7 Å². The molecule has 0 radical (unpaired) electrons. The second-order valence-corrected chi connectivity index (χ2v) is 7.23. The van der Waals surface area contributed by atoms with E-state index in [9.17, 15) is 9.90 Å². The molecule has 1 aromatic rings. The summed E-state index contributed by atoms with van der Waals surface area (Å²) in [5.74, 6) is 0. The molecule has 0 fully saturated rings. The second kappa shape index (κ2) is 7.26. The van der Waals surface area contributed by atoms with E-state index in [1.807, 2.05) is 34.0 Å². The van der Waals surface area contributed by atoms with Gasteiger partial charge in [0.15, 0.2) is 0 Å². The Morgan fingerprint density at radius 1 is 1.45 bits per heavy atom. The van der Waals surface area contributed by atoms with Crippen molar-refractivity contribution in [2.45, 2.75) is 27.3 Å². The van der Waals surface area contributed by atoms with E-state index in [1.54, 1.807) is 0 Å². The van der Waals surface area contributed by atoms with Crippen molar-refractivity contribution in [1.82, 2.24) is 20.0 Å². The van der Waals surface area contributed by atoms with Crippen LogP contribution in [0.25, 0.3) is 0 Å². The van der Waals surface area contributed by atoms with Gasteiger partial charge in [-0.25, -0.2) is 4.79 Å². The number of halogens is 1. The molecule has 6 nitrogen and oxygen atoms in total. The number of amides is 1. The van der Waals surface area contributed by atoms with Gasteiger partial charge in [-0.1, -0.05) is 20.8 Å². The van der Waals surface area contributed by atoms with Gasteiger partial charge in [-0.2, -0.15) is 5.10 Å². The third-order valence-corrected chi connectivity index (χ3v) is 3.73. The summed E-state index contributed by atoms with van der Waals surface area (Å²) in [6, 6.07) is 0. The van der Waals surface area contributed by atoms with Crippen LogP contribution in [0.5, 0.6) is 0 Å². The largest absolute Gasteiger partial charge is 0.465 e. The van der Waals surface area contributed by atoms with E-state index >= 15 is 0 Å². The van der Waals surface area contributed by atoms with Crippen LogP contribution in [0.1, 0.15) is 26.3 Å². The number of likely N-dealkylation sites (N-methyl/N-ethyl adjacent to an activating group) is 1. The van der Waals surface area contributed by atoms with Gasteiger partial charge >= 0.3 is 6.09 Å². The van der Waals surface area contributed by atoms with Gasteiger partial charge in [0.25, 0.3) is 0 Å². The third-order valence-electron chi connectivity index (χ3n) is 2.79. The van der Waals surface area contributed by atoms with Crippen LogP contribution in [0.3, 0.4) is 0 Å². The number of hydrogen-bond acceptors (Lipinski definition) is 3. The van der Waals surface area contributed by atoms with E-state index in [1.165, 1.54) is 4.90 Å². The first-order valence-corrected chi connectivity index (χ1v) is 7.61. The molecule has 0 aliphatic carbocycles. The highest BCUT2D eigenvalue weighted by Gasteiger charge is 2.20. The van der Waals surface area contributed by atoms with Crippen molar-refractivity contribution in [1.29, 1.82) is 0 Å². The molecular weight excluding hydrogens is 371 g/mol. The molecule has 0 aliphatic heterocycles. The minimum Gasteiger partial charge on any atom is -0.465 e. The Hall–Kier alpha value is -0.830. The van der Waals surface area contributed by atoms with Crippen LogP contribution in [0, 0.1) is 9.12 Å². The molecule has 0 aliphatic rings.